The average molecular weight is 431 g/mol. The van der Waals surface area contributed by atoms with E-state index < -0.39 is 5.60 Å². The highest BCUT2D eigenvalue weighted by atomic mass is 16.3. The molecule has 0 atom stereocenters. The first-order valence-electron chi connectivity index (χ1n) is 11.8. The Morgan fingerprint density at radius 3 is 2.47 bits per heavy atom. The summed E-state index contributed by atoms with van der Waals surface area (Å²) in [6.07, 6.45) is 2.31. The van der Waals surface area contributed by atoms with Gasteiger partial charge in [0, 0.05) is 61.6 Å². The fraction of sp³-hybridized carbons (Fsp3) is 0.423. The maximum Gasteiger partial charge on any atom is 0.254 e. The molecule has 166 valence electrons. The van der Waals surface area contributed by atoms with Crippen molar-refractivity contribution in [1.82, 2.24) is 14.8 Å². The fourth-order valence-electron chi connectivity index (χ4n) is 5.22. The van der Waals surface area contributed by atoms with Crippen molar-refractivity contribution in [2.75, 3.05) is 37.6 Å². The van der Waals surface area contributed by atoms with Gasteiger partial charge in [-0.05, 0) is 48.6 Å². The van der Waals surface area contributed by atoms with Crippen LogP contribution in [0, 0.1) is 0 Å². The van der Waals surface area contributed by atoms with Gasteiger partial charge in [-0.2, -0.15) is 0 Å². The lowest BCUT2D eigenvalue weighted by Gasteiger charge is -2.36. The van der Waals surface area contributed by atoms with Crippen molar-refractivity contribution in [2.45, 2.75) is 38.0 Å². The molecule has 2 aliphatic heterocycles. The summed E-state index contributed by atoms with van der Waals surface area (Å²) in [4.78, 5) is 22.6. The summed E-state index contributed by atoms with van der Waals surface area (Å²) >= 11 is 0. The van der Waals surface area contributed by atoms with Gasteiger partial charge in [-0.1, -0.05) is 30.3 Å². The van der Waals surface area contributed by atoms with E-state index in [9.17, 15) is 9.90 Å². The number of aromatic nitrogens is 1. The number of nitrogens with one attached hydrogen (secondary N) is 1. The van der Waals surface area contributed by atoms with Crippen molar-refractivity contribution in [3.63, 3.8) is 0 Å². The van der Waals surface area contributed by atoms with Gasteiger partial charge in [0.05, 0.1) is 6.54 Å². The summed E-state index contributed by atoms with van der Waals surface area (Å²) in [6.45, 7) is 6.00. The number of fused-ring (bicyclic) bond motifs is 3. The molecule has 0 radical (unpaired) electrons. The molecule has 0 unspecified atom stereocenters. The summed E-state index contributed by atoms with van der Waals surface area (Å²) in [5.74, 6) is -0.0684. The van der Waals surface area contributed by atoms with Gasteiger partial charge in [-0.25, -0.2) is 0 Å². The maximum atomic E-state index is 12.3. The number of anilines is 1. The number of aliphatic hydroxyl groups is 1. The molecule has 6 nitrogen and oxygen atoms in total. The van der Waals surface area contributed by atoms with Crippen LogP contribution in [0.5, 0.6) is 0 Å². The van der Waals surface area contributed by atoms with Crippen LogP contribution in [0.3, 0.4) is 0 Å². The third-order valence-corrected chi connectivity index (χ3v) is 7.37. The normalized spacial score (nSPS) is 20.4. The standard InChI is InChI=1S/C26H30N4O2/c31-25(26(32)10-11-26)29-15-13-28(14-16-29)17-19-5-7-20(8-6-19)30-12-9-22-21-3-1-2-4-23(21)27-24(22)18-30/h1-8,27,32H,9-18H2. The second-order valence-electron chi connectivity index (χ2n) is 9.57. The first-order valence-corrected chi connectivity index (χ1v) is 11.8. The summed E-state index contributed by atoms with van der Waals surface area (Å²) in [5.41, 5.74) is 5.58. The number of amides is 1. The first kappa shape index (κ1) is 19.8. The van der Waals surface area contributed by atoms with Crippen molar-refractivity contribution in [1.29, 1.82) is 0 Å². The van der Waals surface area contributed by atoms with Crippen LogP contribution in [0.4, 0.5) is 5.69 Å². The molecule has 3 heterocycles. The minimum Gasteiger partial charge on any atom is -0.380 e. The van der Waals surface area contributed by atoms with E-state index in [1.807, 2.05) is 4.90 Å². The molecule has 1 aliphatic carbocycles. The molecule has 1 aromatic heterocycles. The van der Waals surface area contributed by atoms with Gasteiger partial charge >= 0.3 is 0 Å². The van der Waals surface area contributed by atoms with E-state index in [4.69, 9.17) is 0 Å². The number of benzene rings is 2. The first-order chi connectivity index (χ1) is 15.6. The lowest BCUT2D eigenvalue weighted by Crippen LogP contribution is -2.51. The number of hydrogen-bond acceptors (Lipinski definition) is 4. The summed E-state index contributed by atoms with van der Waals surface area (Å²) in [5, 5.41) is 11.4. The van der Waals surface area contributed by atoms with Crippen molar-refractivity contribution < 1.29 is 9.90 Å². The quantitative estimate of drug-likeness (QED) is 0.668. The minimum atomic E-state index is -1.04. The lowest BCUT2D eigenvalue weighted by molar-refractivity contribution is -0.144. The zero-order valence-corrected chi connectivity index (χ0v) is 18.4. The van der Waals surface area contributed by atoms with Crippen molar-refractivity contribution in [3.05, 3.63) is 65.4 Å². The van der Waals surface area contributed by atoms with Crippen LogP contribution in [0.1, 0.15) is 29.7 Å². The Bertz CT molecular complexity index is 1140. The predicted octanol–water partition coefficient (Wildman–Crippen LogP) is 2.90. The third kappa shape index (κ3) is 3.57. The van der Waals surface area contributed by atoms with Crippen molar-refractivity contribution in [2.24, 2.45) is 0 Å². The predicted molar refractivity (Wildman–Crippen MR) is 126 cm³/mol. The highest BCUT2D eigenvalue weighted by Crippen LogP contribution is 2.37. The molecule has 32 heavy (non-hydrogen) atoms. The number of carbonyl (C=O) groups is 1. The van der Waals surface area contributed by atoms with Crippen molar-refractivity contribution >= 4 is 22.5 Å². The number of H-pyrrole nitrogens is 1. The van der Waals surface area contributed by atoms with Gasteiger partial charge in [-0.3, -0.25) is 9.69 Å². The molecule has 3 aromatic rings. The topological polar surface area (TPSA) is 62.8 Å². The molecule has 0 bridgehead atoms. The molecule has 6 rings (SSSR count). The molecule has 2 N–H and O–H groups in total. The van der Waals surface area contributed by atoms with Gasteiger partial charge in [0.1, 0.15) is 5.60 Å². The number of carbonyl (C=O) groups excluding carboxylic acids is 1. The Morgan fingerprint density at radius 1 is 0.969 bits per heavy atom. The van der Waals surface area contributed by atoms with Crippen LogP contribution >= 0.6 is 0 Å². The summed E-state index contributed by atoms with van der Waals surface area (Å²) in [6, 6.07) is 17.6. The monoisotopic (exact) mass is 430 g/mol. The Balaban J connectivity index is 1.07. The number of nitrogens with zero attached hydrogens (tertiary/aromatic N) is 3. The van der Waals surface area contributed by atoms with Crippen LogP contribution in [-0.4, -0.2) is 64.1 Å². The molecule has 2 aromatic carbocycles. The Morgan fingerprint density at radius 2 is 1.72 bits per heavy atom. The molecule has 1 saturated carbocycles. The van der Waals surface area contributed by atoms with Gasteiger partial charge < -0.3 is 19.9 Å². The number of piperazine rings is 1. The Labute approximate surface area is 188 Å². The zero-order chi connectivity index (χ0) is 21.7. The van der Waals surface area contributed by atoms with E-state index in [2.05, 4.69) is 63.3 Å². The number of para-hydroxylation sites is 1. The lowest BCUT2D eigenvalue weighted by atomic mass is 10.0. The van der Waals surface area contributed by atoms with E-state index >= 15 is 0 Å². The molecule has 1 amide bonds. The molecule has 1 saturated heterocycles. The number of aromatic amines is 1. The molecular formula is C26H30N4O2. The molecule has 0 spiro atoms. The van der Waals surface area contributed by atoms with E-state index in [0.29, 0.717) is 25.9 Å². The summed E-state index contributed by atoms with van der Waals surface area (Å²) < 4.78 is 0. The van der Waals surface area contributed by atoms with E-state index in [1.54, 1.807) is 0 Å². The average Bonchev–Trinajstić information content (AvgIpc) is 3.47. The zero-order valence-electron chi connectivity index (χ0n) is 18.4. The Hall–Kier alpha value is -2.83. The van der Waals surface area contributed by atoms with E-state index in [-0.39, 0.29) is 5.91 Å². The van der Waals surface area contributed by atoms with Crippen LogP contribution in [0.15, 0.2) is 48.5 Å². The molecular weight excluding hydrogens is 400 g/mol. The van der Waals surface area contributed by atoms with Crippen LogP contribution < -0.4 is 4.90 Å². The smallest absolute Gasteiger partial charge is 0.254 e. The fourth-order valence-corrected chi connectivity index (χ4v) is 5.22. The molecule has 3 aliphatic rings. The number of rotatable bonds is 4. The second kappa shape index (κ2) is 7.64. The third-order valence-electron chi connectivity index (χ3n) is 7.37. The van der Waals surface area contributed by atoms with Crippen LogP contribution in [0.2, 0.25) is 0 Å². The van der Waals surface area contributed by atoms with E-state index in [0.717, 1.165) is 39.1 Å². The van der Waals surface area contributed by atoms with Gasteiger partial charge in [0.25, 0.3) is 5.91 Å². The highest BCUT2D eigenvalue weighted by molar-refractivity contribution is 5.88. The molecule has 2 fully saturated rings. The van der Waals surface area contributed by atoms with Crippen molar-refractivity contribution in [3.8, 4) is 0 Å². The van der Waals surface area contributed by atoms with Crippen LogP contribution in [0.25, 0.3) is 10.9 Å². The number of hydrogen-bond donors (Lipinski definition) is 2. The summed E-state index contributed by atoms with van der Waals surface area (Å²) in [7, 11) is 0. The SMILES string of the molecule is O=C(N1CCN(Cc2ccc(N3CCc4c([nH]c5ccccc45)C3)cc2)CC1)C1(O)CC1. The second-order valence-corrected chi connectivity index (χ2v) is 9.57. The van der Waals surface area contributed by atoms with Gasteiger partial charge in [0.15, 0.2) is 0 Å². The van der Waals surface area contributed by atoms with E-state index in [1.165, 1.54) is 33.4 Å². The van der Waals surface area contributed by atoms with Gasteiger partial charge in [0.2, 0.25) is 0 Å². The minimum absolute atomic E-state index is 0.0684. The largest absolute Gasteiger partial charge is 0.380 e. The van der Waals surface area contributed by atoms with Crippen LogP contribution in [-0.2, 0) is 24.3 Å². The van der Waals surface area contributed by atoms with Gasteiger partial charge in [-0.15, -0.1) is 0 Å². The Kier molecular flexibility index (Phi) is 4.73. The maximum absolute atomic E-state index is 12.3. The highest BCUT2D eigenvalue weighted by Gasteiger charge is 2.50. The molecule has 6 heteroatoms.